The van der Waals surface area contributed by atoms with Gasteiger partial charge < -0.3 is 9.84 Å². The van der Waals surface area contributed by atoms with Gasteiger partial charge in [-0.05, 0) is 12.1 Å². The monoisotopic (exact) mass is 278 g/mol. The number of nitrogens with two attached hydrogens (primary N) is 1. The molecule has 0 aliphatic carbocycles. The zero-order chi connectivity index (χ0) is 13.9. The number of anilines is 1. The molecule has 102 valence electrons. The van der Waals surface area contributed by atoms with Gasteiger partial charge in [-0.1, -0.05) is 32.5 Å². The molecule has 0 unspecified atom stereocenters. The molecule has 0 atom stereocenters. The van der Waals surface area contributed by atoms with E-state index in [2.05, 4.69) is 36.2 Å². The maximum absolute atomic E-state index is 5.45. The highest BCUT2D eigenvalue weighted by Crippen LogP contribution is 2.26. The molecule has 0 saturated heterocycles. The highest BCUT2D eigenvalue weighted by atomic mass is 32.2. The van der Waals surface area contributed by atoms with Crippen molar-refractivity contribution >= 4 is 17.6 Å². The molecule has 5 nitrogen and oxygen atoms in total. The van der Waals surface area contributed by atoms with Crippen LogP contribution in [0.3, 0.4) is 0 Å². The van der Waals surface area contributed by atoms with Gasteiger partial charge in [-0.15, -0.1) is 0 Å². The van der Waals surface area contributed by atoms with Crippen LogP contribution in [0.2, 0.25) is 0 Å². The number of furan rings is 1. The molecule has 0 aliphatic heterocycles. The van der Waals surface area contributed by atoms with Crippen molar-refractivity contribution in [2.75, 3.05) is 5.43 Å². The molecular weight excluding hydrogens is 260 g/mol. The van der Waals surface area contributed by atoms with E-state index in [9.17, 15) is 0 Å². The summed E-state index contributed by atoms with van der Waals surface area (Å²) in [5.41, 5.74) is 2.47. The van der Waals surface area contributed by atoms with Crippen LogP contribution in [-0.4, -0.2) is 9.97 Å². The molecule has 0 amide bonds. The number of hydrogen-bond donors (Lipinski definition) is 2. The largest absolute Gasteiger partial charge is 0.468 e. The molecular formula is C13H18N4OS. The Kier molecular flexibility index (Phi) is 4.11. The summed E-state index contributed by atoms with van der Waals surface area (Å²) in [4.78, 5) is 8.95. The van der Waals surface area contributed by atoms with E-state index in [4.69, 9.17) is 10.3 Å². The van der Waals surface area contributed by atoms with Crippen LogP contribution in [0, 0.1) is 0 Å². The molecule has 0 radical (unpaired) electrons. The molecule has 0 aliphatic rings. The van der Waals surface area contributed by atoms with E-state index < -0.39 is 0 Å². The lowest BCUT2D eigenvalue weighted by Gasteiger charge is -2.18. The highest BCUT2D eigenvalue weighted by Gasteiger charge is 2.19. The summed E-state index contributed by atoms with van der Waals surface area (Å²) in [6.45, 7) is 6.22. The Balaban J connectivity index is 2.19. The second-order valence-electron chi connectivity index (χ2n) is 5.18. The molecule has 0 aromatic carbocycles. The van der Waals surface area contributed by atoms with Crippen molar-refractivity contribution in [3.63, 3.8) is 0 Å². The Bertz CT molecular complexity index is 534. The maximum Gasteiger partial charge on any atom is 0.144 e. The topological polar surface area (TPSA) is 77.0 Å². The number of nitrogen functional groups attached to an aromatic ring is 1. The Morgan fingerprint density at radius 3 is 2.74 bits per heavy atom. The van der Waals surface area contributed by atoms with E-state index in [1.807, 2.05) is 18.2 Å². The average Bonchev–Trinajstić information content (AvgIpc) is 2.88. The summed E-state index contributed by atoms with van der Waals surface area (Å²) in [5, 5.41) is 0.879. The predicted octanol–water partition coefficient (Wildman–Crippen LogP) is 2.95. The van der Waals surface area contributed by atoms with Gasteiger partial charge in [0, 0.05) is 11.5 Å². The van der Waals surface area contributed by atoms with Gasteiger partial charge in [0.25, 0.3) is 0 Å². The average molecular weight is 278 g/mol. The minimum Gasteiger partial charge on any atom is -0.468 e. The Hall–Kier alpha value is -1.53. The molecule has 2 aromatic heterocycles. The number of thioether (sulfide) groups is 1. The third-order valence-electron chi connectivity index (χ3n) is 2.46. The first kappa shape index (κ1) is 13.9. The quantitative estimate of drug-likeness (QED) is 0.387. The fraction of sp³-hybridized carbons (Fsp3) is 0.385. The highest BCUT2D eigenvalue weighted by molar-refractivity contribution is 7.98. The van der Waals surface area contributed by atoms with E-state index in [-0.39, 0.29) is 5.41 Å². The second-order valence-corrected chi connectivity index (χ2v) is 6.17. The molecule has 0 saturated carbocycles. The molecule has 2 rings (SSSR count). The van der Waals surface area contributed by atoms with Crippen LogP contribution in [0.15, 0.2) is 33.9 Å². The molecule has 0 fully saturated rings. The zero-order valence-corrected chi connectivity index (χ0v) is 12.1. The van der Waals surface area contributed by atoms with Crippen molar-refractivity contribution in [3.05, 3.63) is 36.0 Å². The van der Waals surface area contributed by atoms with Crippen LogP contribution < -0.4 is 11.3 Å². The number of hydrogen-bond acceptors (Lipinski definition) is 6. The molecule has 3 N–H and O–H groups in total. The standard InChI is InChI=1S/C13H18N4OS/c1-13(2,3)12-15-10(17-14)7-11(16-12)19-8-9-5-4-6-18-9/h4-7H,8,14H2,1-3H3,(H,15,16,17). The van der Waals surface area contributed by atoms with Gasteiger partial charge in [0.1, 0.15) is 22.4 Å². The van der Waals surface area contributed by atoms with E-state index in [0.717, 1.165) is 22.4 Å². The van der Waals surface area contributed by atoms with Crippen LogP contribution in [0.5, 0.6) is 0 Å². The van der Waals surface area contributed by atoms with Gasteiger partial charge in [0.05, 0.1) is 12.0 Å². The Labute approximate surface area is 117 Å². The van der Waals surface area contributed by atoms with Crippen LogP contribution in [0.25, 0.3) is 0 Å². The fourth-order valence-corrected chi connectivity index (χ4v) is 2.25. The number of nitrogens with zero attached hydrogens (tertiary/aromatic N) is 2. The van der Waals surface area contributed by atoms with Crippen LogP contribution in [0.1, 0.15) is 32.4 Å². The summed E-state index contributed by atoms with van der Waals surface area (Å²) in [6.07, 6.45) is 1.67. The lowest BCUT2D eigenvalue weighted by Crippen LogP contribution is -2.19. The van der Waals surface area contributed by atoms with Crippen LogP contribution >= 0.6 is 11.8 Å². The minimum atomic E-state index is -0.118. The smallest absolute Gasteiger partial charge is 0.144 e. The zero-order valence-electron chi connectivity index (χ0n) is 11.3. The summed E-state index contributed by atoms with van der Waals surface area (Å²) >= 11 is 1.60. The third kappa shape index (κ3) is 3.71. The molecule has 2 heterocycles. The summed E-state index contributed by atoms with van der Waals surface area (Å²) in [7, 11) is 0. The van der Waals surface area contributed by atoms with Crippen LogP contribution in [0.4, 0.5) is 5.82 Å². The van der Waals surface area contributed by atoms with E-state index in [1.165, 1.54) is 0 Å². The Morgan fingerprint density at radius 1 is 1.37 bits per heavy atom. The number of rotatable bonds is 4. The van der Waals surface area contributed by atoms with Crippen LogP contribution in [-0.2, 0) is 11.2 Å². The molecule has 2 aromatic rings. The van der Waals surface area contributed by atoms with E-state index in [1.54, 1.807) is 18.0 Å². The molecule has 6 heteroatoms. The van der Waals surface area contributed by atoms with Crippen molar-refractivity contribution < 1.29 is 4.42 Å². The maximum atomic E-state index is 5.45. The van der Waals surface area contributed by atoms with E-state index in [0.29, 0.717) is 5.82 Å². The van der Waals surface area contributed by atoms with Gasteiger partial charge in [0.2, 0.25) is 0 Å². The molecule has 19 heavy (non-hydrogen) atoms. The number of nitrogens with one attached hydrogen (secondary N) is 1. The Morgan fingerprint density at radius 2 is 2.16 bits per heavy atom. The normalized spacial score (nSPS) is 11.6. The van der Waals surface area contributed by atoms with Crippen molar-refractivity contribution in [3.8, 4) is 0 Å². The van der Waals surface area contributed by atoms with Gasteiger partial charge in [-0.2, -0.15) is 0 Å². The SMILES string of the molecule is CC(C)(C)c1nc(NN)cc(SCc2ccco2)n1. The first-order valence-corrected chi connectivity index (χ1v) is 6.99. The lowest BCUT2D eigenvalue weighted by molar-refractivity contribution is 0.529. The van der Waals surface area contributed by atoms with Crippen molar-refractivity contribution in [2.24, 2.45) is 5.84 Å². The number of aromatic nitrogens is 2. The van der Waals surface area contributed by atoms with Crippen molar-refractivity contribution in [1.82, 2.24) is 9.97 Å². The van der Waals surface area contributed by atoms with Gasteiger partial charge >= 0.3 is 0 Å². The van der Waals surface area contributed by atoms with E-state index >= 15 is 0 Å². The van der Waals surface area contributed by atoms with Gasteiger partial charge in [-0.25, -0.2) is 15.8 Å². The first-order chi connectivity index (χ1) is 8.99. The predicted molar refractivity (Wildman–Crippen MR) is 76.8 cm³/mol. The lowest BCUT2D eigenvalue weighted by atomic mass is 9.96. The summed E-state index contributed by atoms with van der Waals surface area (Å²) < 4.78 is 5.30. The summed E-state index contributed by atoms with van der Waals surface area (Å²) in [6, 6.07) is 5.66. The molecule has 0 bridgehead atoms. The number of hydrazine groups is 1. The van der Waals surface area contributed by atoms with Crippen molar-refractivity contribution in [2.45, 2.75) is 37.0 Å². The van der Waals surface area contributed by atoms with Gasteiger partial charge in [-0.3, -0.25) is 0 Å². The second kappa shape index (κ2) is 5.63. The van der Waals surface area contributed by atoms with Crippen molar-refractivity contribution in [1.29, 1.82) is 0 Å². The molecule has 0 spiro atoms. The summed E-state index contributed by atoms with van der Waals surface area (Å²) in [5.74, 6) is 8.50. The fourth-order valence-electron chi connectivity index (χ4n) is 1.45. The third-order valence-corrected chi connectivity index (χ3v) is 3.40. The van der Waals surface area contributed by atoms with Gasteiger partial charge in [0.15, 0.2) is 0 Å². The first-order valence-electron chi connectivity index (χ1n) is 6.00. The minimum absolute atomic E-state index is 0.118.